The van der Waals surface area contributed by atoms with Gasteiger partial charge in [0.2, 0.25) is 0 Å². The monoisotopic (exact) mass is 328 g/mol. The average molecular weight is 328 g/mol. The molecule has 0 spiro atoms. The van der Waals surface area contributed by atoms with E-state index in [4.69, 9.17) is 0 Å². The van der Waals surface area contributed by atoms with Gasteiger partial charge in [-0.1, -0.05) is 46.8 Å². The number of halogens is 1. The summed E-state index contributed by atoms with van der Waals surface area (Å²) in [4.78, 5) is 18.9. The van der Waals surface area contributed by atoms with E-state index in [9.17, 15) is 9.18 Å². The van der Waals surface area contributed by atoms with Crippen molar-refractivity contribution in [3.05, 3.63) is 64.7 Å². The molecule has 0 unspecified atom stereocenters. The fourth-order valence-electron chi connectivity index (χ4n) is 1.83. The van der Waals surface area contributed by atoms with E-state index < -0.39 is 0 Å². The third kappa shape index (κ3) is 5.61. The molecule has 128 valence electrons. The molecule has 24 heavy (non-hydrogen) atoms. The molecule has 0 aliphatic rings. The number of H-pyrrole nitrogens is 1. The number of fused-ring (bicyclic) bond motifs is 1. The summed E-state index contributed by atoms with van der Waals surface area (Å²) in [6.45, 7) is 10.5. The summed E-state index contributed by atoms with van der Waals surface area (Å²) in [6.07, 6.45) is 0. The number of hydrogen-bond donors (Lipinski definition) is 1. The second kappa shape index (κ2) is 9.60. The predicted octanol–water partition coefficient (Wildman–Crippen LogP) is 5.42. The molecule has 0 bridgehead atoms. The molecule has 0 amide bonds. The first-order valence-electron chi connectivity index (χ1n) is 8.22. The minimum atomic E-state index is -0.318. The van der Waals surface area contributed by atoms with Crippen LogP contribution in [0.3, 0.4) is 0 Å². The van der Waals surface area contributed by atoms with Crippen LogP contribution in [-0.4, -0.2) is 9.97 Å². The van der Waals surface area contributed by atoms with Gasteiger partial charge >= 0.3 is 0 Å². The highest BCUT2D eigenvalue weighted by Crippen LogP contribution is 2.16. The molecule has 3 nitrogen and oxygen atoms in total. The standard InChI is InChI=1S/C14H9FN2O.C4H10.C2H6/c15-10-7-5-9(6-8-10)13-16-12-4-2-1-3-11(12)14(18)17-13;1-4(2)3;1-2/h1-8H,(H,16,17,18);4H,1-3H3;1-2H3. The van der Waals surface area contributed by atoms with Gasteiger partial charge in [-0.05, 0) is 42.3 Å². The van der Waals surface area contributed by atoms with Crippen LogP contribution in [0.2, 0.25) is 0 Å². The number of nitrogens with one attached hydrogen (secondary N) is 1. The minimum Gasteiger partial charge on any atom is -0.306 e. The van der Waals surface area contributed by atoms with E-state index in [1.165, 1.54) is 12.1 Å². The Kier molecular flexibility index (Phi) is 7.83. The molecule has 0 aliphatic carbocycles. The third-order valence-corrected chi connectivity index (χ3v) is 2.73. The highest BCUT2D eigenvalue weighted by atomic mass is 19.1. The van der Waals surface area contributed by atoms with Crippen molar-refractivity contribution >= 4 is 10.9 Å². The zero-order valence-corrected chi connectivity index (χ0v) is 14.9. The Bertz CT molecular complexity index is 805. The quantitative estimate of drug-likeness (QED) is 0.648. The topological polar surface area (TPSA) is 45.8 Å². The van der Waals surface area contributed by atoms with Crippen molar-refractivity contribution in [2.45, 2.75) is 34.6 Å². The van der Waals surface area contributed by atoms with Crippen LogP contribution in [0.4, 0.5) is 4.39 Å². The smallest absolute Gasteiger partial charge is 0.259 e. The first-order chi connectivity index (χ1) is 11.5. The number of rotatable bonds is 1. The SMILES string of the molecule is CC.CC(C)C.O=c1[nH]c(-c2ccc(F)cc2)nc2ccccc12. The van der Waals surface area contributed by atoms with Crippen molar-refractivity contribution in [1.29, 1.82) is 0 Å². The maximum absolute atomic E-state index is 12.8. The van der Waals surface area contributed by atoms with Gasteiger partial charge < -0.3 is 4.98 Å². The zero-order valence-electron chi connectivity index (χ0n) is 14.9. The van der Waals surface area contributed by atoms with Crippen LogP contribution < -0.4 is 5.56 Å². The molecular weight excluding hydrogens is 303 g/mol. The van der Waals surface area contributed by atoms with Gasteiger partial charge in [-0.3, -0.25) is 4.79 Å². The first kappa shape index (κ1) is 19.6. The second-order valence-electron chi connectivity index (χ2n) is 5.67. The normalized spacial score (nSPS) is 9.79. The van der Waals surface area contributed by atoms with Gasteiger partial charge in [0.15, 0.2) is 0 Å². The molecule has 4 heteroatoms. The van der Waals surface area contributed by atoms with Crippen LogP contribution in [0.1, 0.15) is 34.6 Å². The summed E-state index contributed by atoms with van der Waals surface area (Å²) in [5, 5.41) is 0.545. The first-order valence-corrected chi connectivity index (χ1v) is 8.22. The summed E-state index contributed by atoms with van der Waals surface area (Å²) >= 11 is 0. The van der Waals surface area contributed by atoms with Gasteiger partial charge in [0.1, 0.15) is 11.6 Å². The summed E-state index contributed by atoms with van der Waals surface area (Å²) in [5.41, 5.74) is 1.11. The number of para-hydroxylation sites is 1. The van der Waals surface area contributed by atoms with Crippen molar-refractivity contribution in [3.8, 4) is 11.4 Å². The van der Waals surface area contributed by atoms with Crippen molar-refractivity contribution in [2.75, 3.05) is 0 Å². The lowest BCUT2D eigenvalue weighted by atomic mass is 10.2. The summed E-state index contributed by atoms with van der Waals surface area (Å²) < 4.78 is 12.8. The minimum absolute atomic E-state index is 0.195. The lowest BCUT2D eigenvalue weighted by molar-refractivity contribution is 0.628. The van der Waals surface area contributed by atoms with Crippen molar-refractivity contribution in [2.24, 2.45) is 5.92 Å². The Morgan fingerprint density at radius 2 is 1.50 bits per heavy atom. The van der Waals surface area contributed by atoms with Crippen LogP contribution >= 0.6 is 0 Å². The highest BCUT2D eigenvalue weighted by molar-refractivity contribution is 5.79. The van der Waals surface area contributed by atoms with Crippen molar-refractivity contribution < 1.29 is 4.39 Å². The Balaban J connectivity index is 0.000000423. The molecule has 0 saturated heterocycles. The van der Waals surface area contributed by atoms with E-state index in [1.807, 2.05) is 19.9 Å². The van der Waals surface area contributed by atoms with Gasteiger partial charge in [0.25, 0.3) is 5.56 Å². The molecule has 2 aromatic carbocycles. The summed E-state index contributed by atoms with van der Waals surface area (Å²) in [6, 6.07) is 13.0. The number of aromatic amines is 1. The van der Waals surface area contributed by atoms with Gasteiger partial charge in [-0.2, -0.15) is 0 Å². The number of nitrogens with zero attached hydrogens (tertiary/aromatic N) is 1. The van der Waals surface area contributed by atoms with E-state index in [1.54, 1.807) is 30.3 Å². The van der Waals surface area contributed by atoms with E-state index in [-0.39, 0.29) is 11.4 Å². The molecule has 1 heterocycles. The van der Waals surface area contributed by atoms with Crippen LogP contribution in [0.25, 0.3) is 22.3 Å². The lowest BCUT2D eigenvalue weighted by Gasteiger charge is -2.02. The zero-order chi connectivity index (χ0) is 18.1. The van der Waals surface area contributed by atoms with Crippen LogP contribution in [0.15, 0.2) is 53.3 Å². The van der Waals surface area contributed by atoms with Gasteiger partial charge in [-0.15, -0.1) is 0 Å². The predicted molar refractivity (Wildman–Crippen MR) is 99.6 cm³/mol. The number of aromatic nitrogens is 2. The Labute approximate surface area is 142 Å². The third-order valence-electron chi connectivity index (χ3n) is 2.73. The highest BCUT2D eigenvalue weighted by Gasteiger charge is 2.05. The fourth-order valence-corrected chi connectivity index (χ4v) is 1.83. The Morgan fingerprint density at radius 3 is 2.08 bits per heavy atom. The maximum atomic E-state index is 12.8. The molecule has 0 fully saturated rings. The van der Waals surface area contributed by atoms with Gasteiger partial charge in [0, 0.05) is 5.56 Å². The van der Waals surface area contributed by atoms with Gasteiger partial charge in [-0.25, -0.2) is 9.37 Å². The van der Waals surface area contributed by atoms with E-state index >= 15 is 0 Å². The van der Waals surface area contributed by atoms with E-state index in [2.05, 4.69) is 30.7 Å². The number of benzene rings is 2. The van der Waals surface area contributed by atoms with Crippen LogP contribution in [0.5, 0.6) is 0 Å². The number of hydrogen-bond acceptors (Lipinski definition) is 2. The molecule has 0 atom stereocenters. The summed E-state index contributed by atoms with van der Waals surface area (Å²) in [7, 11) is 0. The molecule has 0 radical (unpaired) electrons. The largest absolute Gasteiger partial charge is 0.306 e. The van der Waals surface area contributed by atoms with Crippen LogP contribution in [-0.2, 0) is 0 Å². The average Bonchev–Trinajstić information content (AvgIpc) is 2.57. The van der Waals surface area contributed by atoms with E-state index in [0.29, 0.717) is 22.3 Å². The Morgan fingerprint density at radius 1 is 0.958 bits per heavy atom. The van der Waals surface area contributed by atoms with Gasteiger partial charge in [0.05, 0.1) is 10.9 Å². The molecule has 0 saturated carbocycles. The lowest BCUT2D eigenvalue weighted by Crippen LogP contribution is -2.09. The van der Waals surface area contributed by atoms with Crippen molar-refractivity contribution in [3.63, 3.8) is 0 Å². The van der Waals surface area contributed by atoms with Crippen LogP contribution in [0, 0.1) is 11.7 Å². The molecule has 3 rings (SSSR count). The molecule has 1 aromatic heterocycles. The van der Waals surface area contributed by atoms with Crippen molar-refractivity contribution in [1.82, 2.24) is 9.97 Å². The Hall–Kier alpha value is -2.49. The molecule has 1 N–H and O–H groups in total. The van der Waals surface area contributed by atoms with E-state index in [0.717, 1.165) is 5.92 Å². The summed E-state index contributed by atoms with van der Waals surface area (Å²) in [5.74, 6) is 0.959. The second-order valence-corrected chi connectivity index (χ2v) is 5.67. The molecule has 0 aliphatic heterocycles. The fraction of sp³-hybridized carbons (Fsp3) is 0.300. The molecule has 3 aromatic rings. The molecular formula is C20H25FN2O. The maximum Gasteiger partial charge on any atom is 0.259 e.